The van der Waals surface area contributed by atoms with Gasteiger partial charge in [-0.05, 0) is 47.7 Å². The van der Waals surface area contributed by atoms with Gasteiger partial charge in [0.1, 0.15) is 12.3 Å². The van der Waals surface area contributed by atoms with Crippen LogP contribution in [0.1, 0.15) is 38.8 Å². The maximum absolute atomic E-state index is 12.5. The first-order valence-corrected chi connectivity index (χ1v) is 8.95. The second-order valence-electron chi connectivity index (χ2n) is 7.66. The van der Waals surface area contributed by atoms with Gasteiger partial charge in [-0.3, -0.25) is 14.5 Å². The number of hydrogen-bond donors (Lipinski definition) is 1. The van der Waals surface area contributed by atoms with Crippen LogP contribution >= 0.6 is 0 Å². The monoisotopic (exact) mass is 368 g/mol. The molecule has 0 aliphatic heterocycles. The number of benzene rings is 2. The van der Waals surface area contributed by atoms with Gasteiger partial charge in [0.25, 0.3) is 0 Å². The molecule has 0 unspecified atom stereocenters. The highest BCUT2D eigenvalue weighted by molar-refractivity contribution is 6.02. The smallest absolute Gasteiger partial charge is 0.244 e. The fourth-order valence-electron chi connectivity index (χ4n) is 2.77. The first-order valence-electron chi connectivity index (χ1n) is 8.95. The predicted octanol–water partition coefficient (Wildman–Crippen LogP) is 4.29. The highest BCUT2D eigenvalue weighted by atomic mass is 16.5. The lowest BCUT2D eigenvalue weighted by Crippen LogP contribution is -2.37. The molecule has 2 aromatic carbocycles. The van der Waals surface area contributed by atoms with E-state index in [1.54, 1.807) is 13.2 Å². The summed E-state index contributed by atoms with van der Waals surface area (Å²) >= 11 is 0. The Hall–Kier alpha value is -2.82. The van der Waals surface area contributed by atoms with Crippen LogP contribution < -0.4 is 15.0 Å². The summed E-state index contributed by atoms with van der Waals surface area (Å²) in [5.74, 6) is 0.0625. The zero-order valence-corrected chi connectivity index (χ0v) is 16.9. The fraction of sp³-hybridized carbons (Fsp3) is 0.364. The van der Waals surface area contributed by atoms with E-state index in [0.29, 0.717) is 17.1 Å². The third kappa shape index (κ3) is 5.33. The number of nitrogens with zero attached hydrogens (tertiary/aromatic N) is 1. The Morgan fingerprint density at radius 2 is 1.70 bits per heavy atom. The van der Waals surface area contributed by atoms with E-state index in [9.17, 15) is 9.59 Å². The van der Waals surface area contributed by atoms with Crippen molar-refractivity contribution >= 4 is 23.2 Å². The Labute approximate surface area is 161 Å². The lowest BCUT2D eigenvalue weighted by molar-refractivity contribution is -0.120. The van der Waals surface area contributed by atoms with Crippen LogP contribution in [0, 0.1) is 6.92 Å². The normalized spacial score (nSPS) is 11.0. The van der Waals surface area contributed by atoms with Crippen molar-refractivity contribution in [3.05, 3.63) is 53.6 Å². The molecule has 0 spiro atoms. The Morgan fingerprint density at radius 1 is 1.07 bits per heavy atom. The van der Waals surface area contributed by atoms with Crippen molar-refractivity contribution in [1.29, 1.82) is 0 Å². The number of aryl methyl sites for hydroxylation is 1. The molecular weight excluding hydrogens is 340 g/mol. The molecule has 0 heterocycles. The summed E-state index contributed by atoms with van der Waals surface area (Å²) in [6.07, 6.45) is 0. The molecular formula is C22H28N2O3. The van der Waals surface area contributed by atoms with Gasteiger partial charge in [0.2, 0.25) is 11.8 Å². The first-order chi connectivity index (χ1) is 12.6. The van der Waals surface area contributed by atoms with Crippen molar-refractivity contribution in [1.82, 2.24) is 0 Å². The number of ether oxygens (including phenoxy) is 1. The second-order valence-corrected chi connectivity index (χ2v) is 7.66. The predicted molar refractivity (Wildman–Crippen MR) is 110 cm³/mol. The van der Waals surface area contributed by atoms with Crippen LogP contribution in [-0.2, 0) is 15.0 Å². The Morgan fingerprint density at radius 3 is 2.22 bits per heavy atom. The summed E-state index contributed by atoms with van der Waals surface area (Å²) < 4.78 is 5.35. The largest absolute Gasteiger partial charge is 0.495 e. The molecule has 0 fully saturated rings. The van der Waals surface area contributed by atoms with E-state index < -0.39 is 0 Å². The minimum Gasteiger partial charge on any atom is -0.495 e. The van der Waals surface area contributed by atoms with Gasteiger partial charge < -0.3 is 10.1 Å². The number of anilines is 2. The fourth-order valence-corrected chi connectivity index (χ4v) is 2.77. The quantitative estimate of drug-likeness (QED) is 0.856. The van der Waals surface area contributed by atoms with Crippen LogP contribution in [0.15, 0.2) is 42.5 Å². The number of nitrogens with one attached hydrogen (secondary N) is 1. The third-order valence-corrected chi connectivity index (χ3v) is 4.34. The molecule has 0 bridgehead atoms. The zero-order valence-electron chi connectivity index (χ0n) is 16.9. The van der Waals surface area contributed by atoms with Crippen LogP contribution in [0.25, 0.3) is 0 Å². The van der Waals surface area contributed by atoms with Gasteiger partial charge in [-0.1, -0.05) is 39.0 Å². The average Bonchev–Trinajstić information content (AvgIpc) is 2.59. The third-order valence-electron chi connectivity index (χ3n) is 4.34. The number of hydrogen-bond acceptors (Lipinski definition) is 3. The van der Waals surface area contributed by atoms with Gasteiger partial charge in [0.15, 0.2) is 0 Å². The minimum absolute atomic E-state index is 0.0513. The zero-order chi connectivity index (χ0) is 20.2. The average molecular weight is 368 g/mol. The lowest BCUT2D eigenvalue weighted by Gasteiger charge is -2.23. The molecule has 0 aliphatic carbocycles. The molecule has 2 amide bonds. The number of carbonyl (C=O) groups excluding carboxylic acids is 2. The SMILES string of the molecule is COc1ccc(C)cc1N(CC(=O)Nc1ccc(C(C)(C)C)cc1)C(C)=O. The molecule has 0 saturated carbocycles. The molecule has 2 aromatic rings. The molecule has 0 aromatic heterocycles. The summed E-state index contributed by atoms with van der Waals surface area (Å²) in [5, 5.41) is 2.85. The first kappa shape index (κ1) is 20.5. The van der Waals surface area contributed by atoms with Gasteiger partial charge in [-0.25, -0.2) is 0 Å². The van der Waals surface area contributed by atoms with Crippen molar-refractivity contribution in [2.45, 2.75) is 40.0 Å². The highest BCUT2D eigenvalue weighted by Crippen LogP contribution is 2.29. The number of carbonyl (C=O) groups is 2. The Bertz CT molecular complexity index is 820. The second kappa shape index (κ2) is 8.25. The van der Waals surface area contributed by atoms with Crippen LogP contribution in [-0.4, -0.2) is 25.5 Å². The standard InChI is InChI=1S/C22H28N2O3/c1-15-7-12-20(27-6)19(13-15)24(16(2)25)14-21(26)23-18-10-8-17(9-11-18)22(3,4)5/h7-13H,14H2,1-6H3,(H,23,26). The molecule has 0 radical (unpaired) electrons. The van der Waals surface area contributed by atoms with E-state index in [-0.39, 0.29) is 23.8 Å². The van der Waals surface area contributed by atoms with E-state index in [1.165, 1.54) is 17.4 Å². The lowest BCUT2D eigenvalue weighted by atomic mass is 9.87. The van der Waals surface area contributed by atoms with Gasteiger partial charge in [-0.2, -0.15) is 0 Å². The van der Waals surface area contributed by atoms with Crippen LogP contribution in [0.4, 0.5) is 11.4 Å². The van der Waals surface area contributed by atoms with Gasteiger partial charge in [0, 0.05) is 12.6 Å². The summed E-state index contributed by atoms with van der Waals surface area (Å²) in [6.45, 7) is 9.70. The van der Waals surface area contributed by atoms with Crippen molar-refractivity contribution in [3.8, 4) is 5.75 Å². The molecule has 5 heteroatoms. The summed E-state index contributed by atoms with van der Waals surface area (Å²) in [6, 6.07) is 13.3. The molecule has 27 heavy (non-hydrogen) atoms. The molecule has 1 N–H and O–H groups in total. The summed E-state index contributed by atoms with van der Waals surface area (Å²) in [7, 11) is 1.54. The topological polar surface area (TPSA) is 58.6 Å². The molecule has 144 valence electrons. The van der Waals surface area contributed by atoms with E-state index in [2.05, 4.69) is 26.1 Å². The highest BCUT2D eigenvalue weighted by Gasteiger charge is 2.20. The molecule has 0 atom stereocenters. The van der Waals surface area contributed by atoms with Gasteiger partial charge in [0.05, 0.1) is 12.8 Å². The van der Waals surface area contributed by atoms with E-state index in [1.807, 2.05) is 43.3 Å². The molecule has 5 nitrogen and oxygen atoms in total. The molecule has 0 saturated heterocycles. The van der Waals surface area contributed by atoms with E-state index in [0.717, 1.165) is 5.56 Å². The Kier molecular flexibility index (Phi) is 6.26. The number of amides is 2. The maximum atomic E-state index is 12.5. The van der Waals surface area contributed by atoms with Crippen molar-refractivity contribution < 1.29 is 14.3 Å². The number of rotatable bonds is 5. The van der Waals surface area contributed by atoms with Crippen molar-refractivity contribution in [2.24, 2.45) is 0 Å². The van der Waals surface area contributed by atoms with E-state index in [4.69, 9.17) is 4.74 Å². The molecule has 0 aliphatic rings. The van der Waals surface area contributed by atoms with Crippen LogP contribution in [0.3, 0.4) is 0 Å². The van der Waals surface area contributed by atoms with Crippen LogP contribution in [0.2, 0.25) is 0 Å². The van der Waals surface area contributed by atoms with Crippen molar-refractivity contribution in [3.63, 3.8) is 0 Å². The van der Waals surface area contributed by atoms with E-state index >= 15 is 0 Å². The van der Waals surface area contributed by atoms with Gasteiger partial charge >= 0.3 is 0 Å². The van der Waals surface area contributed by atoms with Crippen LogP contribution in [0.5, 0.6) is 5.75 Å². The minimum atomic E-state index is -0.266. The van der Waals surface area contributed by atoms with Crippen molar-refractivity contribution in [2.75, 3.05) is 23.9 Å². The maximum Gasteiger partial charge on any atom is 0.244 e. The van der Waals surface area contributed by atoms with Gasteiger partial charge in [-0.15, -0.1) is 0 Å². The Balaban J connectivity index is 2.16. The number of methoxy groups -OCH3 is 1. The summed E-state index contributed by atoms with van der Waals surface area (Å²) in [5.41, 5.74) is 3.51. The summed E-state index contributed by atoms with van der Waals surface area (Å²) in [4.78, 5) is 26.1. The molecule has 2 rings (SSSR count).